The average Bonchev–Trinajstić information content (AvgIpc) is 2.98. The third-order valence-electron chi connectivity index (χ3n) is 2.68. The fraction of sp³-hybridized carbons (Fsp3) is 0.500. The van der Waals surface area contributed by atoms with E-state index in [1.54, 1.807) is 11.1 Å². The van der Waals surface area contributed by atoms with Crippen LogP contribution in [0.5, 0.6) is 0 Å². The molecule has 1 saturated heterocycles. The lowest BCUT2D eigenvalue weighted by Gasteiger charge is -2.05. The van der Waals surface area contributed by atoms with Crippen LogP contribution in [0.15, 0.2) is 38.1 Å². The van der Waals surface area contributed by atoms with Gasteiger partial charge >= 0.3 is 0 Å². The molecule has 0 aliphatic carbocycles. The zero-order chi connectivity index (χ0) is 19.0. The van der Waals surface area contributed by atoms with Gasteiger partial charge in [-0.1, -0.05) is 26.7 Å². The van der Waals surface area contributed by atoms with E-state index >= 15 is 0 Å². The molecule has 0 aromatic heterocycles. The summed E-state index contributed by atoms with van der Waals surface area (Å²) in [7, 11) is 0. The molecule has 6 nitrogen and oxygen atoms in total. The van der Waals surface area contributed by atoms with Crippen molar-refractivity contribution in [3.05, 3.63) is 38.1 Å². The summed E-state index contributed by atoms with van der Waals surface area (Å²) in [5.74, 6) is 0.00634. The van der Waals surface area contributed by atoms with Gasteiger partial charge in [0.1, 0.15) is 0 Å². The molecule has 0 atom stereocenters. The summed E-state index contributed by atoms with van der Waals surface area (Å²) in [5.41, 5.74) is 0. The maximum absolute atomic E-state index is 10.7. The van der Waals surface area contributed by atoms with Gasteiger partial charge in [-0.2, -0.15) is 0 Å². The van der Waals surface area contributed by atoms with E-state index in [9.17, 15) is 14.4 Å². The van der Waals surface area contributed by atoms with E-state index in [0.29, 0.717) is 6.42 Å². The van der Waals surface area contributed by atoms with Gasteiger partial charge in [-0.05, 0) is 45.0 Å². The zero-order valence-electron chi connectivity index (χ0n) is 15.1. The molecule has 24 heavy (non-hydrogen) atoms. The van der Waals surface area contributed by atoms with Crippen LogP contribution in [-0.4, -0.2) is 41.8 Å². The summed E-state index contributed by atoms with van der Waals surface area (Å²) in [5, 5.41) is 5.26. The highest BCUT2D eigenvalue weighted by Gasteiger charge is 2.15. The Morgan fingerprint density at radius 1 is 1.21 bits per heavy atom. The van der Waals surface area contributed by atoms with Gasteiger partial charge in [0.05, 0.1) is 0 Å². The first kappa shape index (κ1) is 23.9. The SMILES string of the molecule is C=CC(=O)NC(C)C.C=CC(=O)NCCC.C=CN1CCCC1=O. The Labute approximate surface area is 145 Å². The van der Waals surface area contributed by atoms with Crippen molar-refractivity contribution in [2.24, 2.45) is 0 Å². The molecule has 1 aliphatic heterocycles. The largest absolute Gasteiger partial charge is 0.353 e. The van der Waals surface area contributed by atoms with Crippen molar-refractivity contribution in [3.8, 4) is 0 Å². The van der Waals surface area contributed by atoms with E-state index in [1.807, 2.05) is 20.8 Å². The molecule has 0 radical (unpaired) electrons. The van der Waals surface area contributed by atoms with E-state index in [2.05, 4.69) is 30.4 Å². The Hall–Kier alpha value is -2.37. The molecule has 6 heteroatoms. The normalized spacial score (nSPS) is 12.2. The maximum Gasteiger partial charge on any atom is 0.243 e. The molecule has 0 saturated carbocycles. The van der Waals surface area contributed by atoms with Crippen LogP contribution >= 0.6 is 0 Å². The number of amides is 3. The Morgan fingerprint density at radius 3 is 2.04 bits per heavy atom. The van der Waals surface area contributed by atoms with Crippen LogP contribution in [0.1, 0.15) is 40.0 Å². The van der Waals surface area contributed by atoms with Crippen LogP contribution in [0.25, 0.3) is 0 Å². The van der Waals surface area contributed by atoms with Gasteiger partial charge in [0.2, 0.25) is 17.7 Å². The van der Waals surface area contributed by atoms with Gasteiger partial charge in [-0.3, -0.25) is 14.4 Å². The first-order valence-corrected chi connectivity index (χ1v) is 8.07. The summed E-state index contributed by atoms with van der Waals surface area (Å²) in [6.45, 7) is 17.5. The second-order valence-electron chi connectivity index (χ2n) is 5.24. The molecule has 0 aromatic rings. The van der Waals surface area contributed by atoms with Gasteiger partial charge in [0, 0.05) is 25.6 Å². The third kappa shape index (κ3) is 14.6. The Morgan fingerprint density at radius 2 is 1.79 bits per heavy atom. The lowest BCUT2D eigenvalue weighted by atomic mass is 10.4. The molecular weight excluding hydrogens is 306 g/mol. The fourth-order valence-corrected chi connectivity index (χ4v) is 1.53. The van der Waals surface area contributed by atoms with Gasteiger partial charge in [0.15, 0.2) is 0 Å². The molecule has 0 aromatic carbocycles. The lowest BCUT2D eigenvalue weighted by molar-refractivity contribution is -0.125. The Kier molecular flexibility index (Phi) is 15.5. The Bertz CT molecular complexity index is 431. The minimum absolute atomic E-state index is 0.0909. The summed E-state index contributed by atoms with van der Waals surface area (Å²) in [4.78, 5) is 33.0. The predicted molar refractivity (Wildman–Crippen MR) is 98.1 cm³/mol. The molecule has 1 fully saturated rings. The molecule has 3 amide bonds. The van der Waals surface area contributed by atoms with E-state index in [4.69, 9.17) is 0 Å². The van der Waals surface area contributed by atoms with E-state index in [0.717, 1.165) is 25.9 Å². The van der Waals surface area contributed by atoms with Gasteiger partial charge in [-0.15, -0.1) is 0 Å². The van der Waals surface area contributed by atoms with Crippen molar-refractivity contribution in [2.75, 3.05) is 13.1 Å². The lowest BCUT2D eigenvalue weighted by Crippen LogP contribution is -2.27. The van der Waals surface area contributed by atoms with Crippen LogP contribution in [0.4, 0.5) is 0 Å². The summed E-state index contributed by atoms with van der Waals surface area (Å²) in [6.07, 6.45) is 6.79. The minimum atomic E-state index is -0.111. The van der Waals surface area contributed by atoms with E-state index < -0.39 is 0 Å². The number of hydrogen-bond donors (Lipinski definition) is 2. The first-order valence-electron chi connectivity index (χ1n) is 8.07. The standard InChI is InChI=1S/C6H9NO.2C6H11NO/c1-2-7-5-3-4-6(7)8;1-4-6(8)7-5(2)3;1-3-5-7-6(8)4-2/h2H,1,3-5H2;4-5H,1H2,2-3H3,(H,7,8);4H,2-3,5H2,1H3,(H,7,8). The summed E-state index contributed by atoms with van der Waals surface area (Å²) >= 11 is 0. The van der Waals surface area contributed by atoms with Crippen LogP contribution < -0.4 is 10.6 Å². The number of carbonyl (C=O) groups is 3. The highest BCUT2D eigenvalue weighted by atomic mass is 16.2. The van der Waals surface area contributed by atoms with Crippen molar-refractivity contribution < 1.29 is 14.4 Å². The van der Waals surface area contributed by atoms with E-state index in [-0.39, 0.29) is 23.8 Å². The zero-order valence-corrected chi connectivity index (χ0v) is 15.1. The fourth-order valence-electron chi connectivity index (χ4n) is 1.53. The molecular formula is C18H31N3O3. The topological polar surface area (TPSA) is 78.5 Å². The smallest absolute Gasteiger partial charge is 0.243 e. The number of likely N-dealkylation sites (tertiary alicyclic amines) is 1. The van der Waals surface area contributed by atoms with Gasteiger partial charge in [0.25, 0.3) is 0 Å². The molecule has 0 spiro atoms. The minimum Gasteiger partial charge on any atom is -0.353 e. The molecule has 136 valence electrons. The molecule has 2 N–H and O–H groups in total. The molecule has 1 rings (SSSR count). The van der Waals surface area contributed by atoms with Crippen molar-refractivity contribution in [2.45, 2.75) is 46.1 Å². The second-order valence-corrected chi connectivity index (χ2v) is 5.24. The number of carbonyl (C=O) groups excluding carboxylic acids is 3. The second kappa shape index (κ2) is 15.5. The van der Waals surface area contributed by atoms with Crippen LogP contribution in [0, 0.1) is 0 Å². The first-order chi connectivity index (χ1) is 11.3. The molecule has 0 bridgehead atoms. The van der Waals surface area contributed by atoms with Crippen LogP contribution in [-0.2, 0) is 14.4 Å². The predicted octanol–water partition coefficient (Wildman–Crippen LogP) is 2.15. The number of nitrogens with zero attached hydrogens (tertiary/aromatic N) is 1. The highest BCUT2D eigenvalue weighted by molar-refractivity contribution is 5.87. The van der Waals surface area contributed by atoms with Crippen molar-refractivity contribution in [1.29, 1.82) is 0 Å². The quantitative estimate of drug-likeness (QED) is 0.729. The maximum atomic E-state index is 10.7. The number of nitrogens with one attached hydrogen (secondary N) is 2. The monoisotopic (exact) mass is 337 g/mol. The third-order valence-corrected chi connectivity index (χ3v) is 2.68. The summed E-state index contributed by atoms with van der Waals surface area (Å²) < 4.78 is 0. The molecule has 1 aliphatic rings. The van der Waals surface area contributed by atoms with Crippen LogP contribution in [0.3, 0.4) is 0 Å². The highest BCUT2D eigenvalue weighted by Crippen LogP contribution is 2.08. The average molecular weight is 337 g/mol. The van der Waals surface area contributed by atoms with Crippen LogP contribution in [0.2, 0.25) is 0 Å². The van der Waals surface area contributed by atoms with Gasteiger partial charge in [-0.25, -0.2) is 0 Å². The van der Waals surface area contributed by atoms with Crippen molar-refractivity contribution in [3.63, 3.8) is 0 Å². The Balaban J connectivity index is 0. The van der Waals surface area contributed by atoms with Crippen molar-refractivity contribution >= 4 is 17.7 Å². The summed E-state index contributed by atoms with van der Waals surface area (Å²) in [6, 6.07) is 0.209. The van der Waals surface area contributed by atoms with Gasteiger partial charge < -0.3 is 15.5 Å². The van der Waals surface area contributed by atoms with E-state index in [1.165, 1.54) is 12.2 Å². The molecule has 0 unspecified atom stereocenters. The number of hydrogen-bond acceptors (Lipinski definition) is 3. The van der Waals surface area contributed by atoms with Crippen molar-refractivity contribution in [1.82, 2.24) is 15.5 Å². The molecule has 1 heterocycles. The number of rotatable bonds is 6.